The lowest BCUT2D eigenvalue weighted by atomic mass is 10.1. The third-order valence-corrected chi connectivity index (χ3v) is 2.74. The summed E-state index contributed by atoms with van der Waals surface area (Å²) in [5, 5.41) is 3.35. The van der Waals surface area contributed by atoms with Gasteiger partial charge in [-0.15, -0.1) is 0 Å². The molecule has 3 nitrogen and oxygen atoms in total. The maximum absolute atomic E-state index is 5.85. The average Bonchev–Trinajstić information content (AvgIpc) is 2.35. The number of benzene rings is 1. The minimum absolute atomic E-state index is 0.830. The Labute approximate surface area is 102 Å². The van der Waals surface area contributed by atoms with Crippen LogP contribution in [0, 0.1) is 6.92 Å². The van der Waals surface area contributed by atoms with Crippen LogP contribution in [0.3, 0.4) is 0 Å². The summed E-state index contributed by atoms with van der Waals surface area (Å²) >= 11 is 0. The zero-order valence-electron chi connectivity index (χ0n) is 9.98. The molecule has 88 valence electrons. The summed E-state index contributed by atoms with van der Waals surface area (Å²) in [6, 6.07) is 10.1. The van der Waals surface area contributed by atoms with Gasteiger partial charge in [-0.1, -0.05) is 12.1 Å². The Morgan fingerprint density at radius 2 is 2.18 bits per heavy atom. The first kappa shape index (κ1) is 11.5. The van der Waals surface area contributed by atoms with E-state index in [1.54, 1.807) is 6.20 Å². The van der Waals surface area contributed by atoms with E-state index in [1.807, 2.05) is 31.3 Å². The van der Waals surface area contributed by atoms with Gasteiger partial charge in [-0.3, -0.25) is 4.98 Å². The molecule has 3 heteroatoms. The van der Waals surface area contributed by atoms with Crippen molar-refractivity contribution in [1.29, 1.82) is 0 Å². The number of rotatable bonds is 4. The molecule has 0 aliphatic carbocycles. The Balaban J connectivity index is 1.88. The Morgan fingerprint density at radius 3 is 2.88 bits per heavy atom. The molecule has 0 atom stereocenters. The lowest BCUT2D eigenvalue weighted by Gasteiger charge is -2.08. The van der Waals surface area contributed by atoms with Crippen LogP contribution in [0.4, 0.5) is 11.4 Å². The fraction of sp³-hybridized carbons (Fsp3) is 0.214. The minimum atomic E-state index is 0.830. The molecule has 1 aromatic heterocycles. The normalized spacial score (nSPS) is 10.2. The Bertz CT molecular complexity index is 480. The molecule has 1 aromatic carbocycles. The van der Waals surface area contributed by atoms with Crippen molar-refractivity contribution >= 4 is 11.4 Å². The number of nitrogen functional groups attached to an aromatic ring is 1. The highest BCUT2D eigenvalue weighted by Gasteiger charge is 1.97. The number of aromatic nitrogens is 1. The molecule has 0 aliphatic rings. The van der Waals surface area contributed by atoms with Crippen molar-refractivity contribution in [1.82, 2.24) is 4.98 Å². The molecule has 1 heterocycles. The van der Waals surface area contributed by atoms with Gasteiger partial charge in [-0.2, -0.15) is 0 Å². The van der Waals surface area contributed by atoms with Gasteiger partial charge in [0.2, 0.25) is 0 Å². The van der Waals surface area contributed by atoms with Crippen LogP contribution in [0.15, 0.2) is 42.7 Å². The van der Waals surface area contributed by atoms with Gasteiger partial charge >= 0.3 is 0 Å². The Hall–Kier alpha value is -2.03. The van der Waals surface area contributed by atoms with Crippen LogP contribution in [0.25, 0.3) is 0 Å². The van der Waals surface area contributed by atoms with Crippen LogP contribution in [-0.4, -0.2) is 11.5 Å². The van der Waals surface area contributed by atoms with Crippen LogP contribution < -0.4 is 11.1 Å². The molecule has 0 amide bonds. The quantitative estimate of drug-likeness (QED) is 0.789. The number of nitrogens with zero attached hydrogens (tertiary/aromatic N) is 1. The van der Waals surface area contributed by atoms with E-state index in [1.165, 1.54) is 5.56 Å². The number of nitrogens with one attached hydrogen (secondary N) is 1. The minimum Gasteiger partial charge on any atom is -0.398 e. The zero-order chi connectivity index (χ0) is 12.1. The third kappa shape index (κ3) is 3.21. The summed E-state index contributed by atoms with van der Waals surface area (Å²) in [6.07, 6.45) is 4.64. The van der Waals surface area contributed by atoms with E-state index in [0.717, 1.165) is 29.9 Å². The van der Waals surface area contributed by atoms with Crippen molar-refractivity contribution in [3.63, 3.8) is 0 Å². The van der Waals surface area contributed by atoms with Gasteiger partial charge in [0.15, 0.2) is 0 Å². The molecule has 0 unspecified atom stereocenters. The number of aryl methyl sites for hydroxylation is 1. The van der Waals surface area contributed by atoms with Gasteiger partial charge < -0.3 is 11.1 Å². The number of anilines is 2. The van der Waals surface area contributed by atoms with Gasteiger partial charge in [0.25, 0.3) is 0 Å². The fourth-order valence-electron chi connectivity index (χ4n) is 1.65. The van der Waals surface area contributed by atoms with E-state index in [9.17, 15) is 0 Å². The molecule has 0 fully saturated rings. The summed E-state index contributed by atoms with van der Waals surface area (Å²) < 4.78 is 0. The number of pyridine rings is 1. The van der Waals surface area contributed by atoms with E-state index < -0.39 is 0 Å². The van der Waals surface area contributed by atoms with Crippen LogP contribution in [-0.2, 0) is 6.42 Å². The first-order chi connectivity index (χ1) is 8.25. The first-order valence-electron chi connectivity index (χ1n) is 5.74. The number of hydrogen-bond donors (Lipinski definition) is 2. The summed E-state index contributed by atoms with van der Waals surface area (Å²) in [4.78, 5) is 4.09. The average molecular weight is 227 g/mol. The van der Waals surface area contributed by atoms with Crippen molar-refractivity contribution < 1.29 is 0 Å². The molecule has 0 spiro atoms. The van der Waals surface area contributed by atoms with Crippen molar-refractivity contribution in [3.8, 4) is 0 Å². The van der Waals surface area contributed by atoms with Gasteiger partial charge in [0.05, 0.1) is 0 Å². The number of nitrogens with two attached hydrogens (primary N) is 1. The molecular formula is C14H17N3. The maximum Gasteiger partial charge on any atom is 0.0364 e. The lowest BCUT2D eigenvalue weighted by molar-refractivity contribution is 1.01. The molecule has 0 radical (unpaired) electrons. The topological polar surface area (TPSA) is 50.9 Å². The van der Waals surface area contributed by atoms with Crippen LogP contribution >= 0.6 is 0 Å². The highest BCUT2D eigenvalue weighted by Crippen LogP contribution is 2.16. The van der Waals surface area contributed by atoms with Gasteiger partial charge in [0, 0.05) is 30.3 Å². The molecule has 0 saturated carbocycles. The zero-order valence-corrected chi connectivity index (χ0v) is 9.98. The second kappa shape index (κ2) is 5.34. The smallest absolute Gasteiger partial charge is 0.0364 e. The van der Waals surface area contributed by atoms with Crippen LogP contribution in [0.5, 0.6) is 0 Å². The van der Waals surface area contributed by atoms with Crippen molar-refractivity contribution in [2.24, 2.45) is 0 Å². The highest BCUT2D eigenvalue weighted by molar-refractivity contribution is 5.58. The predicted octanol–water partition coefficient (Wildman–Crippen LogP) is 2.63. The van der Waals surface area contributed by atoms with Crippen LogP contribution in [0.2, 0.25) is 0 Å². The van der Waals surface area contributed by atoms with E-state index in [0.29, 0.717) is 0 Å². The highest BCUT2D eigenvalue weighted by atomic mass is 14.9. The predicted molar refractivity (Wildman–Crippen MR) is 72.0 cm³/mol. The maximum atomic E-state index is 5.85. The molecule has 2 rings (SSSR count). The van der Waals surface area contributed by atoms with Crippen molar-refractivity contribution in [3.05, 3.63) is 53.9 Å². The van der Waals surface area contributed by atoms with Gasteiger partial charge in [-0.25, -0.2) is 0 Å². The lowest BCUT2D eigenvalue weighted by Crippen LogP contribution is -2.05. The van der Waals surface area contributed by atoms with Gasteiger partial charge in [0.1, 0.15) is 0 Å². The monoisotopic (exact) mass is 227 g/mol. The molecule has 3 N–H and O–H groups in total. The Kier molecular flexibility index (Phi) is 3.60. The standard InChI is InChI=1S/C14H17N3/c1-11-4-5-13(9-14(11)15)17-8-6-12-3-2-7-16-10-12/h2-5,7,9-10,17H,6,8,15H2,1H3. The van der Waals surface area contributed by atoms with E-state index >= 15 is 0 Å². The second-order valence-electron chi connectivity index (χ2n) is 4.11. The van der Waals surface area contributed by atoms with Crippen LogP contribution in [0.1, 0.15) is 11.1 Å². The molecule has 17 heavy (non-hydrogen) atoms. The largest absolute Gasteiger partial charge is 0.398 e. The summed E-state index contributed by atoms with van der Waals surface area (Å²) in [5.74, 6) is 0. The fourth-order valence-corrected chi connectivity index (χ4v) is 1.65. The van der Waals surface area contributed by atoms with E-state index in [4.69, 9.17) is 5.73 Å². The molecular weight excluding hydrogens is 210 g/mol. The SMILES string of the molecule is Cc1ccc(NCCc2cccnc2)cc1N. The van der Waals surface area contributed by atoms with Crippen molar-refractivity contribution in [2.45, 2.75) is 13.3 Å². The summed E-state index contributed by atoms with van der Waals surface area (Å²) in [5.41, 5.74) is 10.1. The van der Waals surface area contributed by atoms with E-state index in [-0.39, 0.29) is 0 Å². The van der Waals surface area contributed by atoms with Gasteiger partial charge in [-0.05, 0) is 42.7 Å². The third-order valence-electron chi connectivity index (χ3n) is 2.74. The molecule has 0 aliphatic heterocycles. The second-order valence-corrected chi connectivity index (χ2v) is 4.11. The molecule has 0 bridgehead atoms. The summed E-state index contributed by atoms with van der Waals surface area (Å²) in [6.45, 7) is 2.89. The molecule has 0 saturated heterocycles. The summed E-state index contributed by atoms with van der Waals surface area (Å²) in [7, 11) is 0. The Morgan fingerprint density at radius 1 is 1.29 bits per heavy atom. The number of hydrogen-bond acceptors (Lipinski definition) is 3. The molecule has 2 aromatic rings. The first-order valence-corrected chi connectivity index (χ1v) is 5.74. The van der Waals surface area contributed by atoms with E-state index in [2.05, 4.69) is 22.4 Å². The van der Waals surface area contributed by atoms with Crippen molar-refractivity contribution in [2.75, 3.05) is 17.6 Å².